The molecule has 0 aromatic rings. The van der Waals surface area contributed by atoms with E-state index in [1.165, 1.54) is 0 Å². The standard InChI is InChI=1S/C9H16O6/c1-2-15-8(13)4-3-6(11)9(14)7(12)5-10/h3-4,6-7,9-12,14H,2,5H2,1H3. The molecule has 0 aromatic carbocycles. The summed E-state index contributed by atoms with van der Waals surface area (Å²) >= 11 is 0. The molecule has 0 heterocycles. The largest absolute Gasteiger partial charge is 0.463 e. The Bertz CT molecular complexity index is 215. The van der Waals surface area contributed by atoms with Gasteiger partial charge in [-0.3, -0.25) is 0 Å². The van der Waals surface area contributed by atoms with Gasteiger partial charge in [0.2, 0.25) is 0 Å². The van der Waals surface area contributed by atoms with Crippen molar-refractivity contribution in [2.45, 2.75) is 25.2 Å². The normalized spacial score (nSPS) is 17.4. The average Bonchev–Trinajstić information content (AvgIpc) is 2.24. The SMILES string of the molecule is CCOC(=O)C=CC(O)C(O)C(O)CO. The van der Waals surface area contributed by atoms with E-state index in [0.717, 1.165) is 12.2 Å². The van der Waals surface area contributed by atoms with Crippen molar-refractivity contribution in [3.63, 3.8) is 0 Å². The van der Waals surface area contributed by atoms with Crippen molar-refractivity contribution in [1.29, 1.82) is 0 Å². The van der Waals surface area contributed by atoms with Crippen molar-refractivity contribution in [1.82, 2.24) is 0 Å². The average molecular weight is 220 g/mol. The van der Waals surface area contributed by atoms with Gasteiger partial charge in [0.15, 0.2) is 0 Å². The molecular weight excluding hydrogens is 204 g/mol. The molecule has 6 nitrogen and oxygen atoms in total. The number of hydrogen-bond acceptors (Lipinski definition) is 6. The van der Waals surface area contributed by atoms with Crippen molar-refractivity contribution >= 4 is 5.97 Å². The summed E-state index contributed by atoms with van der Waals surface area (Å²) in [6.07, 6.45) is -2.49. The summed E-state index contributed by atoms with van der Waals surface area (Å²) in [6.45, 7) is 1.17. The topological polar surface area (TPSA) is 107 Å². The molecule has 3 unspecified atom stereocenters. The molecule has 0 amide bonds. The van der Waals surface area contributed by atoms with Crippen LogP contribution in [0, 0.1) is 0 Å². The first-order valence-corrected chi connectivity index (χ1v) is 4.53. The molecule has 0 bridgehead atoms. The minimum atomic E-state index is -1.54. The predicted octanol–water partition coefficient (Wildman–Crippen LogP) is -1.82. The number of carbonyl (C=O) groups is 1. The van der Waals surface area contributed by atoms with E-state index in [4.69, 9.17) is 15.3 Å². The number of aliphatic hydroxyl groups is 4. The Hall–Kier alpha value is -0.950. The molecule has 0 saturated heterocycles. The fourth-order valence-corrected chi connectivity index (χ4v) is 0.817. The summed E-state index contributed by atoms with van der Waals surface area (Å²) < 4.78 is 4.53. The molecular formula is C9H16O6. The fourth-order valence-electron chi connectivity index (χ4n) is 0.817. The number of esters is 1. The van der Waals surface area contributed by atoms with E-state index in [2.05, 4.69) is 4.74 Å². The number of carbonyl (C=O) groups excluding carboxylic acids is 1. The van der Waals surface area contributed by atoms with Crippen LogP contribution in [-0.2, 0) is 9.53 Å². The number of aliphatic hydroxyl groups excluding tert-OH is 4. The van der Waals surface area contributed by atoms with E-state index >= 15 is 0 Å². The molecule has 6 heteroatoms. The quantitative estimate of drug-likeness (QED) is 0.310. The van der Waals surface area contributed by atoms with Gasteiger partial charge in [-0.1, -0.05) is 0 Å². The first-order valence-electron chi connectivity index (χ1n) is 4.53. The second kappa shape index (κ2) is 7.36. The smallest absolute Gasteiger partial charge is 0.330 e. The van der Waals surface area contributed by atoms with Crippen LogP contribution in [-0.4, -0.2) is 57.9 Å². The lowest BCUT2D eigenvalue weighted by Crippen LogP contribution is -2.38. The van der Waals surface area contributed by atoms with Gasteiger partial charge in [-0.2, -0.15) is 0 Å². The second-order valence-electron chi connectivity index (χ2n) is 2.84. The third-order valence-electron chi connectivity index (χ3n) is 1.65. The van der Waals surface area contributed by atoms with Crippen molar-refractivity contribution in [3.05, 3.63) is 12.2 Å². The van der Waals surface area contributed by atoms with E-state index in [1.807, 2.05) is 0 Å². The van der Waals surface area contributed by atoms with Crippen LogP contribution in [0.15, 0.2) is 12.2 Å². The molecule has 15 heavy (non-hydrogen) atoms. The maximum Gasteiger partial charge on any atom is 0.330 e. The van der Waals surface area contributed by atoms with Gasteiger partial charge in [-0.25, -0.2) is 4.79 Å². The first-order chi connectivity index (χ1) is 7.02. The number of rotatable bonds is 6. The third-order valence-corrected chi connectivity index (χ3v) is 1.65. The Morgan fingerprint density at radius 3 is 2.47 bits per heavy atom. The highest BCUT2D eigenvalue weighted by Gasteiger charge is 2.21. The lowest BCUT2D eigenvalue weighted by Gasteiger charge is -2.18. The van der Waals surface area contributed by atoms with Gasteiger partial charge in [-0.05, 0) is 13.0 Å². The zero-order valence-electron chi connectivity index (χ0n) is 8.41. The molecule has 0 radical (unpaired) electrons. The van der Waals surface area contributed by atoms with Crippen LogP contribution in [0.3, 0.4) is 0 Å². The predicted molar refractivity (Wildman–Crippen MR) is 50.9 cm³/mol. The highest BCUT2D eigenvalue weighted by Crippen LogP contribution is 2.01. The van der Waals surface area contributed by atoms with Gasteiger partial charge in [-0.15, -0.1) is 0 Å². The molecule has 0 aliphatic carbocycles. The van der Waals surface area contributed by atoms with Crippen LogP contribution < -0.4 is 0 Å². The van der Waals surface area contributed by atoms with E-state index in [9.17, 15) is 9.90 Å². The highest BCUT2D eigenvalue weighted by molar-refractivity contribution is 5.81. The molecule has 0 saturated carbocycles. The summed E-state index contributed by atoms with van der Waals surface area (Å²) in [5.41, 5.74) is 0. The second-order valence-corrected chi connectivity index (χ2v) is 2.84. The molecule has 0 aliphatic heterocycles. The minimum Gasteiger partial charge on any atom is -0.463 e. The van der Waals surface area contributed by atoms with E-state index in [-0.39, 0.29) is 6.61 Å². The molecule has 0 rings (SSSR count). The monoisotopic (exact) mass is 220 g/mol. The van der Waals surface area contributed by atoms with Gasteiger partial charge >= 0.3 is 5.97 Å². The summed E-state index contributed by atoms with van der Waals surface area (Å²) in [5.74, 6) is -0.651. The molecule has 3 atom stereocenters. The number of ether oxygens (including phenoxy) is 1. The van der Waals surface area contributed by atoms with Gasteiger partial charge in [0.25, 0.3) is 0 Å². The maximum atomic E-state index is 10.8. The lowest BCUT2D eigenvalue weighted by molar-refractivity contribution is -0.137. The fraction of sp³-hybridized carbons (Fsp3) is 0.667. The summed E-state index contributed by atoms with van der Waals surface area (Å²) in [4.78, 5) is 10.8. The van der Waals surface area contributed by atoms with Crippen molar-refractivity contribution in [2.75, 3.05) is 13.2 Å². The Morgan fingerprint density at radius 1 is 1.40 bits per heavy atom. The van der Waals surface area contributed by atoms with Crippen LogP contribution in [0.5, 0.6) is 0 Å². The highest BCUT2D eigenvalue weighted by atomic mass is 16.5. The molecule has 4 N–H and O–H groups in total. The molecule has 0 aromatic heterocycles. The molecule has 0 spiro atoms. The number of hydrogen-bond donors (Lipinski definition) is 4. The Morgan fingerprint density at radius 2 is 2.00 bits per heavy atom. The third kappa shape index (κ3) is 5.48. The van der Waals surface area contributed by atoms with Crippen molar-refractivity contribution in [2.24, 2.45) is 0 Å². The van der Waals surface area contributed by atoms with Crippen molar-refractivity contribution < 1.29 is 30.0 Å². The van der Waals surface area contributed by atoms with E-state index < -0.39 is 30.9 Å². The van der Waals surface area contributed by atoms with E-state index in [1.54, 1.807) is 6.92 Å². The van der Waals surface area contributed by atoms with Gasteiger partial charge < -0.3 is 25.2 Å². The Labute approximate surface area is 87.4 Å². The summed E-state index contributed by atoms with van der Waals surface area (Å²) in [5, 5.41) is 35.8. The molecule has 0 aliphatic rings. The minimum absolute atomic E-state index is 0.209. The van der Waals surface area contributed by atoms with E-state index in [0.29, 0.717) is 0 Å². The Kier molecular flexibility index (Phi) is 6.89. The maximum absolute atomic E-state index is 10.8. The van der Waals surface area contributed by atoms with Gasteiger partial charge in [0.1, 0.15) is 18.3 Å². The lowest BCUT2D eigenvalue weighted by atomic mass is 10.1. The van der Waals surface area contributed by atoms with Crippen LogP contribution in [0.1, 0.15) is 6.92 Å². The zero-order chi connectivity index (χ0) is 11.8. The van der Waals surface area contributed by atoms with Gasteiger partial charge in [0.05, 0.1) is 13.2 Å². The van der Waals surface area contributed by atoms with Crippen LogP contribution in [0.25, 0.3) is 0 Å². The zero-order valence-corrected chi connectivity index (χ0v) is 8.41. The van der Waals surface area contributed by atoms with Crippen LogP contribution >= 0.6 is 0 Å². The molecule has 0 fully saturated rings. The summed E-state index contributed by atoms with van der Waals surface area (Å²) in [6, 6.07) is 0. The van der Waals surface area contributed by atoms with Crippen LogP contribution in [0.4, 0.5) is 0 Å². The van der Waals surface area contributed by atoms with Crippen LogP contribution in [0.2, 0.25) is 0 Å². The summed E-state index contributed by atoms with van der Waals surface area (Å²) in [7, 11) is 0. The van der Waals surface area contributed by atoms with Crippen molar-refractivity contribution in [3.8, 4) is 0 Å². The first kappa shape index (κ1) is 14.1. The van der Waals surface area contributed by atoms with Gasteiger partial charge in [0, 0.05) is 6.08 Å². The molecule has 88 valence electrons. The Balaban J connectivity index is 4.11.